The van der Waals surface area contributed by atoms with Gasteiger partial charge in [-0.25, -0.2) is 13.6 Å². The van der Waals surface area contributed by atoms with Gasteiger partial charge < -0.3 is 9.88 Å². The minimum Gasteiger partial charge on any atom is -0.362 e. The number of carbonyl (C=O) groups excluding carboxylic acids is 1. The second-order valence-corrected chi connectivity index (χ2v) is 6.89. The summed E-state index contributed by atoms with van der Waals surface area (Å²) in [6.45, 7) is 4.80. The van der Waals surface area contributed by atoms with Crippen LogP contribution >= 0.6 is 0 Å². The van der Waals surface area contributed by atoms with E-state index >= 15 is 0 Å². The highest BCUT2D eigenvalue weighted by molar-refractivity contribution is 7.89. The standard InChI is InChI=1S/C12H19N3O3S/c1-8-5-11(9(2)14-8)12(16)15-4-3-10(6-15)7-19(13,17)18/h5,10,14H,3-4,6-7H2,1-2H3,(H2,13,17,18). The largest absolute Gasteiger partial charge is 0.362 e. The van der Waals surface area contributed by atoms with E-state index in [9.17, 15) is 13.2 Å². The highest BCUT2D eigenvalue weighted by atomic mass is 32.2. The van der Waals surface area contributed by atoms with Crippen LogP contribution in [-0.2, 0) is 10.0 Å². The molecule has 0 saturated carbocycles. The van der Waals surface area contributed by atoms with Gasteiger partial charge in [-0.2, -0.15) is 0 Å². The lowest BCUT2D eigenvalue weighted by Gasteiger charge is -2.16. The highest BCUT2D eigenvalue weighted by Gasteiger charge is 2.30. The number of hydrogen-bond donors (Lipinski definition) is 2. The predicted molar refractivity (Wildman–Crippen MR) is 72.3 cm³/mol. The summed E-state index contributed by atoms with van der Waals surface area (Å²) in [6.07, 6.45) is 0.685. The topological polar surface area (TPSA) is 96.3 Å². The molecule has 0 spiro atoms. The second kappa shape index (κ2) is 4.97. The van der Waals surface area contributed by atoms with Crippen molar-refractivity contribution >= 4 is 15.9 Å². The zero-order valence-electron chi connectivity index (χ0n) is 11.1. The quantitative estimate of drug-likeness (QED) is 0.840. The number of H-pyrrole nitrogens is 1. The van der Waals surface area contributed by atoms with Crippen LogP contribution in [0.5, 0.6) is 0 Å². The summed E-state index contributed by atoms with van der Waals surface area (Å²) in [6, 6.07) is 1.82. The van der Waals surface area contributed by atoms with Crippen molar-refractivity contribution in [3.05, 3.63) is 23.0 Å². The lowest BCUT2D eigenvalue weighted by Crippen LogP contribution is -2.31. The summed E-state index contributed by atoms with van der Waals surface area (Å²) in [4.78, 5) is 17.1. The number of carbonyl (C=O) groups is 1. The lowest BCUT2D eigenvalue weighted by atomic mass is 10.2. The molecule has 1 atom stereocenters. The molecule has 0 aromatic carbocycles. The normalized spacial score (nSPS) is 19.9. The van der Waals surface area contributed by atoms with Gasteiger partial charge in [0.05, 0.1) is 11.3 Å². The van der Waals surface area contributed by atoms with E-state index in [1.165, 1.54) is 0 Å². The van der Waals surface area contributed by atoms with Crippen molar-refractivity contribution in [1.82, 2.24) is 9.88 Å². The smallest absolute Gasteiger partial charge is 0.255 e. The second-order valence-electron chi connectivity index (χ2n) is 5.23. The fraction of sp³-hybridized carbons (Fsp3) is 0.583. The highest BCUT2D eigenvalue weighted by Crippen LogP contribution is 2.21. The number of likely N-dealkylation sites (tertiary alicyclic amines) is 1. The fourth-order valence-corrected chi connectivity index (χ4v) is 3.53. The Kier molecular flexibility index (Phi) is 3.69. The Balaban J connectivity index is 2.05. The Bertz CT molecular complexity index is 591. The van der Waals surface area contributed by atoms with E-state index in [1.54, 1.807) is 4.90 Å². The molecule has 3 N–H and O–H groups in total. The molecule has 1 aromatic rings. The van der Waals surface area contributed by atoms with Crippen LogP contribution in [-0.4, -0.2) is 43.1 Å². The third-order valence-corrected chi connectivity index (χ3v) is 4.36. The fourth-order valence-electron chi connectivity index (χ4n) is 2.60. The van der Waals surface area contributed by atoms with Gasteiger partial charge in [0.25, 0.3) is 5.91 Å². The Labute approximate surface area is 113 Å². The number of rotatable bonds is 3. The van der Waals surface area contributed by atoms with Gasteiger partial charge >= 0.3 is 0 Å². The first-order valence-electron chi connectivity index (χ1n) is 6.22. The third kappa shape index (κ3) is 3.36. The summed E-state index contributed by atoms with van der Waals surface area (Å²) >= 11 is 0. The molecule has 1 aliphatic heterocycles. The van der Waals surface area contributed by atoms with Gasteiger partial charge in [0.15, 0.2) is 0 Å². The van der Waals surface area contributed by atoms with Gasteiger partial charge in [0.2, 0.25) is 10.0 Å². The molecule has 7 heteroatoms. The molecule has 1 amide bonds. The number of primary sulfonamides is 1. The van der Waals surface area contributed by atoms with E-state index < -0.39 is 10.0 Å². The summed E-state index contributed by atoms with van der Waals surface area (Å²) in [5.41, 5.74) is 2.45. The minimum atomic E-state index is -3.47. The van der Waals surface area contributed by atoms with Crippen molar-refractivity contribution in [2.75, 3.05) is 18.8 Å². The van der Waals surface area contributed by atoms with Crippen LogP contribution in [0.25, 0.3) is 0 Å². The molecule has 1 fully saturated rings. The van der Waals surface area contributed by atoms with Gasteiger partial charge in [0.1, 0.15) is 0 Å². The number of hydrogen-bond acceptors (Lipinski definition) is 3. The SMILES string of the molecule is Cc1cc(C(=O)N2CCC(CS(N)(=O)=O)C2)c(C)[nH]1. The van der Waals surface area contributed by atoms with Crippen LogP contribution in [0.4, 0.5) is 0 Å². The monoisotopic (exact) mass is 285 g/mol. The number of nitrogens with two attached hydrogens (primary N) is 1. The van der Waals surface area contributed by atoms with E-state index in [2.05, 4.69) is 4.98 Å². The van der Waals surface area contributed by atoms with Crippen LogP contribution in [0.1, 0.15) is 28.2 Å². The summed E-state index contributed by atoms with van der Waals surface area (Å²) in [5.74, 6) is -0.153. The number of sulfonamides is 1. The molecular weight excluding hydrogens is 266 g/mol. The Morgan fingerprint density at radius 3 is 2.74 bits per heavy atom. The van der Waals surface area contributed by atoms with E-state index in [-0.39, 0.29) is 17.6 Å². The number of aromatic nitrogens is 1. The number of aryl methyl sites for hydroxylation is 2. The van der Waals surface area contributed by atoms with Crippen LogP contribution in [0.3, 0.4) is 0 Å². The molecule has 106 valence electrons. The van der Waals surface area contributed by atoms with Crippen molar-refractivity contribution in [3.63, 3.8) is 0 Å². The van der Waals surface area contributed by atoms with E-state index in [1.807, 2.05) is 19.9 Å². The van der Waals surface area contributed by atoms with Crippen LogP contribution in [0.2, 0.25) is 0 Å². The summed E-state index contributed by atoms with van der Waals surface area (Å²) in [5, 5.41) is 5.04. The number of amides is 1. The molecule has 19 heavy (non-hydrogen) atoms. The molecule has 1 unspecified atom stereocenters. The zero-order valence-corrected chi connectivity index (χ0v) is 12.0. The number of nitrogens with zero attached hydrogens (tertiary/aromatic N) is 1. The first-order valence-corrected chi connectivity index (χ1v) is 7.94. The van der Waals surface area contributed by atoms with Crippen LogP contribution in [0.15, 0.2) is 6.07 Å². The maximum Gasteiger partial charge on any atom is 0.255 e. The Hall–Kier alpha value is -1.34. The van der Waals surface area contributed by atoms with Crippen LogP contribution in [0, 0.1) is 19.8 Å². The van der Waals surface area contributed by atoms with Gasteiger partial charge in [-0.1, -0.05) is 0 Å². The van der Waals surface area contributed by atoms with Crippen molar-refractivity contribution in [2.24, 2.45) is 11.1 Å². The van der Waals surface area contributed by atoms with Crippen molar-refractivity contribution in [3.8, 4) is 0 Å². The van der Waals surface area contributed by atoms with Gasteiger partial charge in [-0.15, -0.1) is 0 Å². The maximum atomic E-state index is 12.3. The molecule has 0 bridgehead atoms. The Morgan fingerprint density at radius 2 is 2.21 bits per heavy atom. The van der Waals surface area contributed by atoms with Crippen LogP contribution < -0.4 is 5.14 Å². The van der Waals surface area contributed by atoms with Crippen molar-refractivity contribution in [2.45, 2.75) is 20.3 Å². The average molecular weight is 285 g/mol. The van der Waals surface area contributed by atoms with Crippen molar-refractivity contribution < 1.29 is 13.2 Å². The lowest BCUT2D eigenvalue weighted by molar-refractivity contribution is 0.0787. The van der Waals surface area contributed by atoms with Gasteiger partial charge in [-0.3, -0.25) is 4.79 Å². The molecule has 6 nitrogen and oxygen atoms in total. The first kappa shape index (κ1) is 14.1. The average Bonchev–Trinajstić information content (AvgIpc) is 2.82. The first-order chi connectivity index (χ1) is 8.76. The molecule has 2 rings (SSSR count). The molecule has 1 aliphatic rings. The summed E-state index contributed by atoms with van der Waals surface area (Å²) < 4.78 is 22.1. The summed E-state index contributed by atoms with van der Waals surface area (Å²) in [7, 11) is -3.47. The molecule has 0 aliphatic carbocycles. The van der Waals surface area contributed by atoms with E-state index in [0.29, 0.717) is 25.1 Å². The van der Waals surface area contributed by atoms with E-state index in [4.69, 9.17) is 5.14 Å². The molecular formula is C12H19N3O3S. The van der Waals surface area contributed by atoms with Gasteiger partial charge in [-0.05, 0) is 32.3 Å². The number of aromatic amines is 1. The molecule has 1 aromatic heterocycles. The minimum absolute atomic E-state index is 0.0428. The molecule has 2 heterocycles. The zero-order chi connectivity index (χ0) is 14.2. The predicted octanol–water partition coefficient (Wildman–Crippen LogP) is 0.382. The number of nitrogens with one attached hydrogen (secondary N) is 1. The maximum absolute atomic E-state index is 12.3. The Morgan fingerprint density at radius 1 is 1.53 bits per heavy atom. The molecule has 0 radical (unpaired) electrons. The van der Waals surface area contributed by atoms with Crippen molar-refractivity contribution in [1.29, 1.82) is 0 Å². The third-order valence-electron chi connectivity index (χ3n) is 3.42. The van der Waals surface area contributed by atoms with Gasteiger partial charge in [0, 0.05) is 24.5 Å². The molecule has 1 saturated heterocycles. The van der Waals surface area contributed by atoms with E-state index in [0.717, 1.165) is 11.4 Å².